The van der Waals surface area contributed by atoms with Crippen LogP contribution >= 0.6 is 0 Å². The molecular weight excluding hydrogens is 244 g/mol. The Balaban J connectivity index is 2.47. The van der Waals surface area contributed by atoms with Gasteiger partial charge < -0.3 is 20.5 Å². The molecule has 0 spiro atoms. The van der Waals surface area contributed by atoms with Crippen LogP contribution in [0.5, 0.6) is 11.5 Å². The summed E-state index contributed by atoms with van der Waals surface area (Å²) in [5.41, 5.74) is 6.13. The molecule has 2 atom stereocenters. The zero-order chi connectivity index (χ0) is 14.0. The number of carbonyl (C=O) groups excluding carboxylic acids is 1. The Labute approximate surface area is 113 Å². The van der Waals surface area contributed by atoms with Crippen LogP contribution in [-0.4, -0.2) is 33.2 Å². The quantitative estimate of drug-likeness (QED) is 0.838. The van der Waals surface area contributed by atoms with Gasteiger partial charge in [-0.25, -0.2) is 0 Å². The highest BCUT2D eigenvalue weighted by Gasteiger charge is 2.45. The van der Waals surface area contributed by atoms with Gasteiger partial charge in [0.15, 0.2) is 0 Å². The highest BCUT2D eigenvalue weighted by Crippen LogP contribution is 2.41. The van der Waals surface area contributed by atoms with Crippen LogP contribution in [-0.2, 0) is 10.2 Å². The predicted octanol–water partition coefficient (Wildman–Crippen LogP) is 0.666. The Morgan fingerprint density at radius 2 is 2.16 bits per heavy atom. The first-order valence-corrected chi connectivity index (χ1v) is 6.25. The van der Waals surface area contributed by atoms with Gasteiger partial charge in [0.25, 0.3) is 0 Å². The van der Waals surface area contributed by atoms with Crippen molar-refractivity contribution >= 4 is 5.91 Å². The summed E-state index contributed by atoms with van der Waals surface area (Å²) >= 11 is 0. The van der Waals surface area contributed by atoms with Crippen LogP contribution in [0, 0.1) is 5.92 Å². The molecule has 104 valence electrons. The van der Waals surface area contributed by atoms with E-state index in [1.54, 1.807) is 14.2 Å². The summed E-state index contributed by atoms with van der Waals surface area (Å²) in [4.78, 5) is 11.6. The Morgan fingerprint density at radius 1 is 1.42 bits per heavy atom. The third-order valence-corrected chi connectivity index (χ3v) is 3.98. The maximum Gasteiger partial charge on any atom is 0.222 e. The fraction of sp³-hybridized carbons (Fsp3) is 0.500. The van der Waals surface area contributed by atoms with Gasteiger partial charge in [-0.1, -0.05) is 13.0 Å². The molecule has 2 rings (SSSR count). The molecule has 5 nitrogen and oxygen atoms in total. The van der Waals surface area contributed by atoms with E-state index in [-0.39, 0.29) is 17.2 Å². The Hall–Kier alpha value is -1.75. The van der Waals surface area contributed by atoms with Crippen molar-refractivity contribution in [2.75, 3.05) is 27.3 Å². The Bertz CT molecular complexity index is 490. The topological polar surface area (TPSA) is 73.6 Å². The second-order valence-electron chi connectivity index (χ2n) is 5.07. The predicted molar refractivity (Wildman–Crippen MR) is 72.5 cm³/mol. The molecule has 2 unspecified atom stereocenters. The van der Waals surface area contributed by atoms with Gasteiger partial charge in [-0.05, 0) is 6.07 Å². The minimum Gasteiger partial charge on any atom is -0.497 e. The fourth-order valence-electron chi connectivity index (χ4n) is 2.79. The summed E-state index contributed by atoms with van der Waals surface area (Å²) in [5.74, 6) is 0.919. The first kappa shape index (κ1) is 13.7. The van der Waals surface area contributed by atoms with Crippen LogP contribution in [0.2, 0.25) is 0 Å². The molecule has 0 aliphatic carbocycles. The lowest BCUT2D eigenvalue weighted by molar-refractivity contribution is -0.122. The number of nitrogens with one attached hydrogen (secondary N) is 1. The van der Waals surface area contributed by atoms with Gasteiger partial charge in [-0.2, -0.15) is 0 Å². The SMILES string of the molecule is COc1ccc(C2(C)CNCC2C(N)=O)c(OC)c1. The lowest BCUT2D eigenvalue weighted by Gasteiger charge is -2.30. The first-order valence-electron chi connectivity index (χ1n) is 6.25. The van der Waals surface area contributed by atoms with Crippen molar-refractivity contribution in [1.29, 1.82) is 0 Å². The highest BCUT2D eigenvalue weighted by atomic mass is 16.5. The number of methoxy groups -OCH3 is 2. The molecule has 1 aliphatic rings. The molecule has 1 heterocycles. The van der Waals surface area contributed by atoms with E-state index < -0.39 is 0 Å². The normalized spacial score (nSPS) is 26.2. The van der Waals surface area contributed by atoms with Crippen LogP contribution < -0.4 is 20.5 Å². The van der Waals surface area contributed by atoms with Crippen molar-refractivity contribution in [2.45, 2.75) is 12.3 Å². The van der Waals surface area contributed by atoms with E-state index in [0.29, 0.717) is 13.1 Å². The van der Waals surface area contributed by atoms with Crippen molar-refractivity contribution < 1.29 is 14.3 Å². The van der Waals surface area contributed by atoms with Crippen LogP contribution in [0.3, 0.4) is 0 Å². The Morgan fingerprint density at radius 3 is 2.74 bits per heavy atom. The summed E-state index contributed by atoms with van der Waals surface area (Å²) in [6, 6.07) is 5.65. The number of primary amides is 1. The van der Waals surface area contributed by atoms with Gasteiger partial charge in [0.05, 0.1) is 20.1 Å². The number of ether oxygens (including phenoxy) is 2. The van der Waals surface area contributed by atoms with Crippen molar-refractivity contribution in [3.05, 3.63) is 23.8 Å². The molecule has 0 aromatic heterocycles. The van der Waals surface area contributed by atoms with Gasteiger partial charge in [-0.15, -0.1) is 0 Å². The minimum atomic E-state index is -0.358. The molecular formula is C14H20N2O3. The van der Waals surface area contributed by atoms with Crippen molar-refractivity contribution in [2.24, 2.45) is 11.7 Å². The molecule has 0 radical (unpaired) electrons. The summed E-state index contributed by atoms with van der Waals surface area (Å²) in [6.45, 7) is 3.33. The smallest absolute Gasteiger partial charge is 0.222 e. The number of hydrogen-bond acceptors (Lipinski definition) is 4. The monoisotopic (exact) mass is 264 g/mol. The van der Waals surface area contributed by atoms with E-state index in [2.05, 4.69) is 5.32 Å². The average Bonchev–Trinajstić information content (AvgIpc) is 2.81. The van der Waals surface area contributed by atoms with Crippen molar-refractivity contribution in [1.82, 2.24) is 5.32 Å². The second-order valence-corrected chi connectivity index (χ2v) is 5.07. The Kier molecular flexibility index (Phi) is 3.66. The largest absolute Gasteiger partial charge is 0.497 e. The second kappa shape index (κ2) is 5.09. The molecule has 5 heteroatoms. The zero-order valence-corrected chi connectivity index (χ0v) is 11.5. The van der Waals surface area contributed by atoms with E-state index in [0.717, 1.165) is 17.1 Å². The van der Waals surface area contributed by atoms with Crippen molar-refractivity contribution in [3.8, 4) is 11.5 Å². The molecule has 19 heavy (non-hydrogen) atoms. The lowest BCUT2D eigenvalue weighted by Crippen LogP contribution is -2.40. The van der Waals surface area contributed by atoms with Gasteiger partial charge in [0.2, 0.25) is 5.91 Å². The molecule has 0 saturated carbocycles. The summed E-state index contributed by atoms with van der Waals surface area (Å²) in [7, 11) is 3.22. The van der Waals surface area contributed by atoms with Crippen molar-refractivity contribution in [3.63, 3.8) is 0 Å². The fourth-order valence-corrected chi connectivity index (χ4v) is 2.79. The molecule has 1 aliphatic heterocycles. The van der Waals surface area contributed by atoms with E-state index in [9.17, 15) is 4.79 Å². The third kappa shape index (κ3) is 2.26. The highest BCUT2D eigenvalue weighted by molar-refractivity contribution is 5.79. The van der Waals surface area contributed by atoms with Gasteiger partial charge in [0, 0.05) is 30.1 Å². The number of hydrogen-bond donors (Lipinski definition) is 2. The van der Waals surface area contributed by atoms with E-state index in [4.69, 9.17) is 15.2 Å². The first-order chi connectivity index (χ1) is 9.02. The van der Waals surface area contributed by atoms with Crippen LogP contribution in [0.15, 0.2) is 18.2 Å². The maximum absolute atomic E-state index is 11.6. The average molecular weight is 264 g/mol. The van der Waals surface area contributed by atoms with Crippen LogP contribution in [0.1, 0.15) is 12.5 Å². The standard InChI is InChI=1S/C14H20N2O3/c1-14(8-16-7-11(14)13(15)17)10-5-4-9(18-2)6-12(10)19-3/h4-6,11,16H,7-8H2,1-3H3,(H2,15,17). The molecule has 1 saturated heterocycles. The molecule has 1 amide bonds. The zero-order valence-electron chi connectivity index (χ0n) is 11.5. The minimum absolute atomic E-state index is 0.241. The van der Waals surface area contributed by atoms with E-state index >= 15 is 0 Å². The molecule has 3 N–H and O–H groups in total. The third-order valence-electron chi connectivity index (χ3n) is 3.98. The van der Waals surface area contributed by atoms with E-state index in [1.165, 1.54) is 0 Å². The molecule has 1 aromatic rings. The van der Waals surface area contributed by atoms with Gasteiger partial charge in [-0.3, -0.25) is 4.79 Å². The lowest BCUT2D eigenvalue weighted by atomic mass is 9.73. The number of amides is 1. The molecule has 0 bridgehead atoms. The van der Waals surface area contributed by atoms with Gasteiger partial charge in [0.1, 0.15) is 11.5 Å². The van der Waals surface area contributed by atoms with Crippen LogP contribution in [0.25, 0.3) is 0 Å². The van der Waals surface area contributed by atoms with E-state index in [1.807, 2.05) is 25.1 Å². The summed E-state index contributed by atoms with van der Waals surface area (Å²) < 4.78 is 10.6. The summed E-state index contributed by atoms with van der Waals surface area (Å²) in [5, 5.41) is 3.24. The number of nitrogens with two attached hydrogens (primary N) is 1. The maximum atomic E-state index is 11.6. The summed E-state index contributed by atoms with van der Waals surface area (Å²) in [6.07, 6.45) is 0. The number of benzene rings is 1. The number of rotatable bonds is 4. The molecule has 1 aromatic carbocycles. The van der Waals surface area contributed by atoms with Crippen LogP contribution in [0.4, 0.5) is 0 Å². The van der Waals surface area contributed by atoms with Gasteiger partial charge >= 0.3 is 0 Å². The number of carbonyl (C=O) groups is 1. The molecule has 1 fully saturated rings.